The molecule has 0 aromatic heterocycles. The van der Waals surface area contributed by atoms with Crippen LogP contribution in [0.4, 0.5) is 0 Å². The first-order valence-corrected chi connectivity index (χ1v) is 6.32. The van der Waals surface area contributed by atoms with E-state index in [-0.39, 0.29) is 0 Å². The third kappa shape index (κ3) is 8.94. The Kier molecular flexibility index (Phi) is 8.80. The molecule has 4 N–H and O–H groups in total. The molecule has 0 amide bonds. The molecule has 1 unspecified atom stereocenters. The van der Waals surface area contributed by atoms with E-state index < -0.39 is 0 Å². The van der Waals surface area contributed by atoms with Crippen LogP contribution in [-0.4, -0.2) is 49.2 Å². The number of hydrogen-bond acceptors (Lipinski definition) is 4. The fourth-order valence-corrected chi connectivity index (χ4v) is 1.67. The minimum atomic E-state index is 0.318. The zero-order valence-corrected chi connectivity index (χ0v) is 11.6. The van der Waals surface area contributed by atoms with Gasteiger partial charge in [-0.3, -0.25) is 0 Å². The molecule has 0 aliphatic carbocycles. The van der Waals surface area contributed by atoms with Gasteiger partial charge in [0.15, 0.2) is 0 Å². The van der Waals surface area contributed by atoms with E-state index in [9.17, 15) is 0 Å². The Morgan fingerprint density at radius 2 is 2.00 bits per heavy atom. The molecule has 1 atom stereocenters. The minimum absolute atomic E-state index is 0.318. The van der Waals surface area contributed by atoms with E-state index in [0.29, 0.717) is 24.2 Å². The third-order valence-electron chi connectivity index (χ3n) is 2.76. The fourth-order valence-electron chi connectivity index (χ4n) is 1.67. The summed E-state index contributed by atoms with van der Waals surface area (Å²) in [4.78, 5) is 2.20. The number of nitrogens with two attached hydrogens (primary N) is 1. The molecule has 0 spiro atoms. The fraction of sp³-hybridized carbons (Fsp3) is 0.917. The predicted molar refractivity (Wildman–Crippen MR) is 72.4 cm³/mol. The van der Waals surface area contributed by atoms with Gasteiger partial charge in [0, 0.05) is 19.0 Å². The van der Waals surface area contributed by atoms with Crippen molar-refractivity contribution in [3.63, 3.8) is 0 Å². The number of likely N-dealkylation sites (N-methyl/N-ethyl adjacent to an activating group) is 1. The molecule has 0 bridgehead atoms. The molecule has 0 aliphatic heterocycles. The second-order valence-corrected chi connectivity index (χ2v) is 5.12. The van der Waals surface area contributed by atoms with E-state index >= 15 is 0 Å². The summed E-state index contributed by atoms with van der Waals surface area (Å²) in [6.07, 6.45) is 2.67. The topological polar surface area (TPSA) is 73.9 Å². The normalized spacial score (nSPS) is 14.6. The van der Waals surface area contributed by atoms with Crippen molar-refractivity contribution in [3.8, 4) is 0 Å². The minimum Gasteiger partial charge on any atom is -0.409 e. The van der Waals surface area contributed by atoms with Crippen molar-refractivity contribution in [1.82, 2.24) is 10.2 Å². The number of hydrogen-bond donors (Lipinski definition) is 3. The quantitative estimate of drug-likeness (QED) is 0.186. The van der Waals surface area contributed by atoms with E-state index in [2.05, 4.69) is 43.3 Å². The summed E-state index contributed by atoms with van der Waals surface area (Å²) < 4.78 is 0. The Morgan fingerprint density at radius 3 is 2.47 bits per heavy atom. The highest BCUT2D eigenvalue weighted by molar-refractivity contribution is 5.79. The van der Waals surface area contributed by atoms with Crippen LogP contribution in [0.5, 0.6) is 0 Å². The van der Waals surface area contributed by atoms with Crippen LogP contribution in [0.15, 0.2) is 5.16 Å². The smallest absolute Gasteiger partial charge is 0.139 e. The standard InChI is InChI=1S/C12H28N4O/c1-10(2)11(9-16(3)4)14-8-6-5-7-12(13)15-17/h10-11,14,17H,5-9H2,1-4H3,(H2,13,15). The molecule has 102 valence electrons. The lowest BCUT2D eigenvalue weighted by Crippen LogP contribution is -2.42. The van der Waals surface area contributed by atoms with Gasteiger partial charge in [0.25, 0.3) is 0 Å². The van der Waals surface area contributed by atoms with E-state index in [1.807, 2.05) is 0 Å². The van der Waals surface area contributed by atoms with Crippen LogP contribution in [0.2, 0.25) is 0 Å². The Hall–Kier alpha value is -0.810. The average molecular weight is 244 g/mol. The molecule has 0 heterocycles. The highest BCUT2D eigenvalue weighted by atomic mass is 16.4. The molecule has 0 radical (unpaired) electrons. The maximum atomic E-state index is 8.39. The highest BCUT2D eigenvalue weighted by Gasteiger charge is 2.12. The second kappa shape index (κ2) is 9.24. The van der Waals surface area contributed by atoms with Gasteiger partial charge in [-0.25, -0.2) is 0 Å². The molecular weight excluding hydrogens is 216 g/mol. The van der Waals surface area contributed by atoms with Gasteiger partial charge >= 0.3 is 0 Å². The lowest BCUT2D eigenvalue weighted by molar-refractivity contribution is 0.288. The maximum absolute atomic E-state index is 8.39. The molecule has 17 heavy (non-hydrogen) atoms. The number of oxime groups is 1. The van der Waals surface area contributed by atoms with Gasteiger partial charge in [-0.05, 0) is 39.4 Å². The van der Waals surface area contributed by atoms with Crippen LogP contribution >= 0.6 is 0 Å². The van der Waals surface area contributed by atoms with E-state index in [0.717, 1.165) is 25.9 Å². The summed E-state index contributed by atoms with van der Waals surface area (Å²) in [5.74, 6) is 0.945. The van der Waals surface area contributed by atoms with Crippen molar-refractivity contribution in [1.29, 1.82) is 0 Å². The van der Waals surface area contributed by atoms with E-state index in [1.165, 1.54) is 0 Å². The molecule has 0 aromatic carbocycles. The Bertz CT molecular complexity index is 217. The predicted octanol–water partition coefficient (Wildman–Crippen LogP) is 1.08. The van der Waals surface area contributed by atoms with Crippen molar-refractivity contribution in [2.24, 2.45) is 16.8 Å². The summed E-state index contributed by atoms with van der Waals surface area (Å²) >= 11 is 0. The Labute approximate surface area is 105 Å². The highest BCUT2D eigenvalue weighted by Crippen LogP contribution is 2.03. The Balaban J connectivity index is 3.68. The molecule has 0 fully saturated rings. The molecule has 0 rings (SSSR count). The lowest BCUT2D eigenvalue weighted by atomic mass is 10.0. The summed E-state index contributed by atoms with van der Waals surface area (Å²) in [6, 6.07) is 0.522. The number of rotatable bonds is 9. The summed E-state index contributed by atoms with van der Waals surface area (Å²) in [5, 5.41) is 14.9. The first kappa shape index (κ1) is 16.2. The summed E-state index contributed by atoms with van der Waals surface area (Å²) in [5.41, 5.74) is 5.40. The van der Waals surface area contributed by atoms with Crippen molar-refractivity contribution in [3.05, 3.63) is 0 Å². The van der Waals surface area contributed by atoms with Crippen LogP contribution in [0.25, 0.3) is 0 Å². The molecule has 0 aromatic rings. The summed E-state index contributed by atoms with van der Waals surface area (Å²) in [7, 11) is 4.19. The van der Waals surface area contributed by atoms with Gasteiger partial charge in [0.05, 0.1) is 0 Å². The molecule has 0 saturated heterocycles. The number of nitrogens with zero attached hydrogens (tertiary/aromatic N) is 2. The molecule has 5 heteroatoms. The largest absolute Gasteiger partial charge is 0.409 e. The van der Waals surface area contributed by atoms with Gasteiger partial charge in [-0.15, -0.1) is 0 Å². The van der Waals surface area contributed by atoms with Gasteiger partial charge in [-0.2, -0.15) is 0 Å². The van der Waals surface area contributed by atoms with Crippen molar-refractivity contribution in [2.45, 2.75) is 39.2 Å². The van der Waals surface area contributed by atoms with Crippen LogP contribution < -0.4 is 11.1 Å². The zero-order valence-electron chi connectivity index (χ0n) is 11.6. The molecule has 0 saturated carbocycles. The van der Waals surface area contributed by atoms with E-state index in [1.54, 1.807) is 0 Å². The Morgan fingerprint density at radius 1 is 1.35 bits per heavy atom. The molecule has 0 aliphatic rings. The van der Waals surface area contributed by atoms with Gasteiger partial charge in [0.1, 0.15) is 5.84 Å². The van der Waals surface area contributed by atoms with E-state index in [4.69, 9.17) is 10.9 Å². The first-order valence-electron chi connectivity index (χ1n) is 6.32. The third-order valence-corrected chi connectivity index (χ3v) is 2.76. The SMILES string of the molecule is CC(C)C(CN(C)C)NCCCCC(N)=NO. The molecular formula is C12H28N4O. The lowest BCUT2D eigenvalue weighted by Gasteiger charge is -2.25. The van der Waals surface area contributed by atoms with Gasteiger partial charge in [0.2, 0.25) is 0 Å². The van der Waals surface area contributed by atoms with Gasteiger partial charge < -0.3 is 21.2 Å². The van der Waals surface area contributed by atoms with Crippen molar-refractivity contribution in [2.75, 3.05) is 27.2 Å². The average Bonchev–Trinajstić information content (AvgIpc) is 2.25. The van der Waals surface area contributed by atoms with Crippen molar-refractivity contribution >= 4 is 5.84 Å². The first-order chi connectivity index (χ1) is 7.97. The maximum Gasteiger partial charge on any atom is 0.139 e. The van der Waals surface area contributed by atoms with Gasteiger partial charge in [-0.1, -0.05) is 19.0 Å². The summed E-state index contributed by atoms with van der Waals surface area (Å²) in [6.45, 7) is 6.50. The van der Waals surface area contributed by atoms with Crippen LogP contribution in [0, 0.1) is 5.92 Å². The van der Waals surface area contributed by atoms with Crippen molar-refractivity contribution < 1.29 is 5.21 Å². The monoisotopic (exact) mass is 244 g/mol. The molecule has 5 nitrogen and oxygen atoms in total. The van der Waals surface area contributed by atoms with Crippen LogP contribution in [0.1, 0.15) is 33.1 Å². The van der Waals surface area contributed by atoms with Crippen LogP contribution in [-0.2, 0) is 0 Å². The number of unbranched alkanes of at least 4 members (excludes halogenated alkanes) is 1. The zero-order chi connectivity index (χ0) is 13.3. The second-order valence-electron chi connectivity index (χ2n) is 5.12. The number of amidine groups is 1. The van der Waals surface area contributed by atoms with Crippen LogP contribution in [0.3, 0.4) is 0 Å². The number of nitrogens with one attached hydrogen (secondary N) is 1.